The minimum absolute atomic E-state index is 0.0104. The average molecular weight is 621 g/mol. The van der Waals surface area contributed by atoms with Gasteiger partial charge in [0.15, 0.2) is 0 Å². The SMILES string of the molecule is CC[C@H](C(=O)N[C@@H](C)CC)N(Cc1ccc(Cl)cc1Cl)C(=O)CN(c1ccccc1)S(=O)(=O)c1ccc(OC)cc1. The maximum atomic E-state index is 14.1. The average Bonchev–Trinajstić information content (AvgIpc) is 2.97. The van der Waals surface area contributed by atoms with Crippen molar-refractivity contribution in [2.24, 2.45) is 0 Å². The first-order chi connectivity index (χ1) is 19.5. The van der Waals surface area contributed by atoms with Crippen molar-refractivity contribution in [3.05, 3.63) is 88.4 Å². The highest BCUT2D eigenvalue weighted by molar-refractivity contribution is 7.92. The van der Waals surface area contributed by atoms with Crippen LogP contribution in [0.15, 0.2) is 77.7 Å². The molecule has 0 spiro atoms. The molecule has 0 unspecified atom stereocenters. The third-order valence-electron chi connectivity index (χ3n) is 6.71. The lowest BCUT2D eigenvalue weighted by atomic mass is 10.1. The minimum atomic E-state index is -4.18. The number of carbonyl (C=O) groups is 2. The number of nitrogens with zero attached hydrogens (tertiary/aromatic N) is 2. The molecule has 0 heterocycles. The number of amides is 2. The summed E-state index contributed by atoms with van der Waals surface area (Å²) in [7, 11) is -2.70. The molecule has 0 saturated carbocycles. The van der Waals surface area contributed by atoms with E-state index in [9.17, 15) is 18.0 Å². The molecule has 0 radical (unpaired) electrons. The fraction of sp³-hybridized carbons (Fsp3) is 0.333. The first-order valence-corrected chi connectivity index (χ1v) is 15.5. The summed E-state index contributed by atoms with van der Waals surface area (Å²) in [6.45, 7) is 5.06. The summed E-state index contributed by atoms with van der Waals surface area (Å²) in [5.41, 5.74) is 0.877. The second-order valence-corrected chi connectivity index (χ2v) is 12.2. The molecule has 3 aromatic carbocycles. The van der Waals surface area contributed by atoms with Gasteiger partial charge in [0.2, 0.25) is 11.8 Å². The highest BCUT2D eigenvalue weighted by Gasteiger charge is 2.34. The van der Waals surface area contributed by atoms with E-state index in [4.69, 9.17) is 27.9 Å². The monoisotopic (exact) mass is 619 g/mol. The largest absolute Gasteiger partial charge is 0.497 e. The Labute approximate surface area is 252 Å². The summed E-state index contributed by atoms with van der Waals surface area (Å²) in [6, 6.07) is 18.2. The number of anilines is 1. The lowest BCUT2D eigenvalue weighted by Crippen LogP contribution is -2.53. The standard InChI is InChI=1S/C30H35Cl2N3O5S/c1-5-21(3)33-30(37)28(6-2)34(19-22-12-13-23(31)18-27(22)32)29(36)20-35(24-10-8-7-9-11-24)41(38,39)26-16-14-25(40-4)15-17-26/h7-18,21,28H,5-6,19-20H2,1-4H3,(H,33,37)/t21-,28+/m0/s1. The van der Waals surface area contributed by atoms with Gasteiger partial charge in [-0.1, -0.05) is 61.3 Å². The van der Waals surface area contributed by atoms with Gasteiger partial charge < -0.3 is 15.0 Å². The van der Waals surface area contributed by atoms with E-state index in [1.165, 1.54) is 24.1 Å². The Kier molecular flexibility index (Phi) is 11.5. The summed E-state index contributed by atoms with van der Waals surface area (Å²) in [5, 5.41) is 3.71. The van der Waals surface area contributed by atoms with Crippen LogP contribution in [0.1, 0.15) is 39.2 Å². The molecule has 0 aliphatic rings. The number of hydrogen-bond donors (Lipinski definition) is 1. The number of benzene rings is 3. The smallest absolute Gasteiger partial charge is 0.264 e. The van der Waals surface area contributed by atoms with Gasteiger partial charge in [-0.25, -0.2) is 8.42 Å². The maximum Gasteiger partial charge on any atom is 0.264 e. The summed E-state index contributed by atoms with van der Waals surface area (Å²) < 4.78 is 34.0. The maximum absolute atomic E-state index is 14.1. The Balaban J connectivity index is 2.06. The zero-order chi connectivity index (χ0) is 30.2. The van der Waals surface area contributed by atoms with Gasteiger partial charge in [-0.3, -0.25) is 13.9 Å². The van der Waals surface area contributed by atoms with Crippen molar-refractivity contribution in [3.8, 4) is 5.75 Å². The number of para-hydroxylation sites is 1. The van der Waals surface area contributed by atoms with E-state index in [1.54, 1.807) is 67.6 Å². The Morgan fingerprint density at radius 1 is 0.951 bits per heavy atom. The molecule has 41 heavy (non-hydrogen) atoms. The third kappa shape index (κ3) is 8.15. The van der Waals surface area contributed by atoms with Crippen LogP contribution in [-0.4, -0.2) is 50.9 Å². The van der Waals surface area contributed by atoms with Gasteiger partial charge in [0.25, 0.3) is 10.0 Å². The Morgan fingerprint density at radius 2 is 1.61 bits per heavy atom. The molecular weight excluding hydrogens is 585 g/mol. The van der Waals surface area contributed by atoms with Crippen molar-refractivity contribution in [1.82, 2.24) is 10.2 Å². The van der Waals surface area contributed by atoms with Gasteiger partial charge >= 0.3 is 0 Å². The van der Waals surface area contributed by atoms with E-state index in [2.05, 4.69) is 5.32 Å². The van der Waals surface area contributed by atoms with Crippen LogP contribution in [-0.2, 0) is 26.2 Å². The van der Waals surface area contributed by atoms with Crippen LogP contribution in [0.4, 0.5) is 5.69 Å². The molecule has 0 aliphatic carbocycles. The number of methoxy groups -OCH3 is 1. The van der Waals surface area contributed by atoms with Gasteiger partial charge in [0.1, 0.15) is 18.3 Å². The second kappa shape index (κ2) is 14.6. The number of rotatable bonds is 13. The van der Waals surface area contributed by atoms with E-state index >= 15 is 0 Å². The van der Waals surface area contributed by atoms with E-state index in [-0.39, 0.29) is 23.4 Å². The number of halogens is 2. The molecule has 1 N–H and O–H groups in total. The van der Waals surface area contributed by atoms with Crippen LogP contribution in [0, 0.1) is 0 Å². The van der Waals surface area contributed by atoms with Crippen molar-refractivity contribution in [2.45, 2.75) is 57.1 Å². The van der Waals surface area contributed by atoms with Crippen molar-refractivity contribution in [3.63, 3.8) is 0 Å². The second-order valence-electron chi connectivity index (χ2n) is 9.52. The molecule has 2 atom stereocenters. The predicted molar refractivity (Wildman–Crippen MR) is 163 cm³/mol. The van der Waals surface area contributed by atoms with Crippen LogP contribution >= 0.6 is 23.2 Å². The summed E-state index contributed by atoms with van der Waals surface area (Å²) in [5.74, 6) is -0.400. The van der Waals surface area contributed by atoms with E-state index in [0.717, 1.165) is 4.31 Å². The van der Waals surface area contributed by atoms with E-state index < -0.39 is 28.5 Å². The summed E-state index contributed by atoms with van der Waals surface area (Å²) in [6.07, 6.45) is 1.01. The van der Waals surface area contributed by atoms with Crippen molar-refractivity contribution >= 4 is 50.7 Å². The molecule has 0 bridgehead atoms. The molecule has 8 nitrogen and oxygen atoms in total. The van der Waals surface area contributed by atoms with Crippen molar-refractivity contribution in [2.75, 3.05) is 18.0 Å². The zero-order valence-corrected chi connectivity index (χ0v) is 25.8. The van der Waals surface area contributed by atoms with Crippen LogP contribution in [0.5, 0.6) is 5.75 Å². The van der Waals surface area contributed by atoms with Crippen LogP contribution in [0.25, 0.3) is 0 Å². The number of carbonyl (C=O) groups excluding carboxylic acids is 2. The normalized spacial score (nSPS) is 12.7. The first-order valence-electron chi connectivity index (χ1n) is 13.3. The van der Waals surface area contributed by atoms with Gasteiger partial charge in [-0.05, 0) is 73.9 Å². The van der Waals surface area contributed by atoms with Gasteiger partial charge in [-0.2, -0.15) is 0 Å². The van der Waals surface area contributed by atoms with Gasteiger partial charge in [0, 0.05) is 22.6 Å². The molecular formula is C30H35Cl2N3O5S. The highest BCUT2D eigenvalue weighted by Crippen LogP contribution is 2.27. The molecule has 0 aromatic heterocycles. The van der Waals surface area contributed by atoms with Crippen LogP contribution in [0.3, 0.4) is 0 Å². The topological polar surface area (TPSA) is 96.0 Å². The van der Waals surface area contributed by atoms with Crippen molar-refractivity contribution in [1.29, 1.82) is 0 Å². The molecule has 11 heteroatoms. The van der Waals surface area contributed by atoms with Crippen LogP contribution in [0.2, 0.25) is 10.0 Å². The summed E-state index contributed by atoms with van der Waals surface area (Å²) in [4.78, 5) is 28.8. The molecule has 2 amide bonds. The first kappa shape index (κ1) is 32.2. The van der Waals surface area contributed by atoms with E-state index in [0.29, 0.717) is 39.9 Å². The molecule has 3 aromatic rings. The lowest BCUT2D eigenvalue weighted by Gasteiger charge is -2.34. The lowest BCUT2D eigenvalue weighted by molar-refractivity contribution is -0.140. The minimum Gasteiger partial charge on any atom is -0.497 e. The Hall–Kier alpha value is -3.27. The number of nitrogens with one attached hydrogen (secondary N) is 1. The van der Waals surface area contributed by atoms with E-state index in [1.807, 2.05) is 13.8 Å². The fourth-order valence-electron chi connectivity index (χ4n) is 4.19. The quantitative estimate of drug-likeness (QED) is 0.256. The number of hydrogen-bond acceptors (Lipinski definition) is 5. The van der Waals surface area contributed by atoms with Gasteiger partial charge in [0.05, 0.1) is 17.7 Å². The highest BCUT2D eigenvalue weighted by atomic mass is 35.5. The molecule has 220 valence electrons. The van der Waals surface area contributed by atoms with Crippen LogP contribution < -0.4 is 14.4 Å². The number of sulfonamides is 1. The summed E-state index contributed by atoms with van der Waals surface area (Å²) >= 11 is 12.5. The fourth-order valence-corrected chi connectivity index (χ4v) is 6.07. The molecule has 3 rings (SSSR count). The Bertz CT molecular complexity index is 1440. The number of ether oxygens (including phenoxy) is 1. The van der Waals surface area contributed by atoms with Gasteiger partial charge in [-0.15, -0.1) is 0 Å². The third-order valence-corrected chi connectivity index (χ3v) is 9.09. The Morgan fingerprint density at radius 3 is 2.17 bits per heavy atom. The molecule has 0 saturated heterocycles. The zero-order valence-electron chi connectivity index (χ0n) is 23.5. The predicted octanol–water partition coefficient (Wildman–Crippen LogP) is 5.92. The molecule has 0 aliphatic heterocycles. The molecule has 0 fully saturated rings. The van der Waals surface area contributed by atoms with Crippen molar-refractivity contribution < 1.29 is 22.7 Å².